The Morgan fingerprint density at radius 1 is 0.903 bits per heavy atom. The van der Waals surface area contributed by atoms with Gasteiger partial charge in [-0.25, -0.2) is 0 Å². The minimum Gasteiger partial charge on any atom is -0.370 e. The number of primary amides is 1. The molecule has 0 aromatic rings. The van der Waals surface area contributed by atoms with Crippen LogP contribution in [-0.4, -0.2) is 42.3 Å². The van der Waals surface area contributed by atoms with Crippen LogP contribution in [0, 0.1) is 11.3 Å². The molecule has 0 spiro atoms. The topological polar surface area (TPSA) is 101 Å². The van der Waals surface area contributed by atoms with Gasteiger partial charge in [0.25, 0.3) is 0 Å². The van der Waals surface area contributed by atoms with E-state index in [0.717, 1.165) is 31.1 Å². The van der Waals surface area contributed by atoms with E-state index in [2.05, 4.69) is 24.5 Å². The van der Waals surface area contributed by atoms with Crippen LogP contribution < -0.4 is 16.4 Å². The molecule has 3 amide bonds. The van der Waals surface area contributed by atoms with Crippen molar-refractivity contribution in [1.29, 1.82) is 0 Å². The fourth-order valence-electron chi connectivity index (χ4n) is 4.21. The number of nitrogens with two attached hydrogens (primary N) is 1. The summed E-state index contributed by atoms with van der Waals surface area (Å²) in [5.41, 5.74) is 5.68. The van der Waals surface area contributed by atoms with Crippen LogP contribution in [0.1, 0.15) is 97.3 Å². The number of hydrogen-bond acceptors (Lipinski definition) is 4. The molecule has 0 aliphatic heterocycles. The van der Waals surface area contributed by atoms with E-state index in [0.29, 0.717) is 17.6 Å². The number of amides is 3. The zero-order valence-electron chi connectivity index (χ0n) is 19.8. The molecule has 7 heteroatoms. The van der Waals surface area contributed by atoms with Crippen LogP contribution in [0.15, 0.2) is 0 Å². The fraction of sp³-hybridized carbons (Fsp3) is 0.875. The molecular weight excluding hydrogens is 410 g/mol. The van der Waals surface area contributed by atoms with Gasteiger partial charge < -0.3 is 16.4 Å². The molecule has 0 saturated heterocycles. The van der Waals surface area contributed by atoms with E-state index in [1.165, 1.54) is 69.5 Å². The maximum atomic E-state index is 11.7. The second-order valence-corrected chi connectivity index (χ2v) is 10.8. The first-order valence-corrected chi connectivity index (χ1v) is 13.3. The molecule has 2 fully saturated rings. The zero-order chi connectivity index (χ0) is 23.0. The lowest BCUT2D eigenvalue weighted by Gasteiger charge is -2.13. The first-order chi connectivity index (χ1) is 14.8. The highest BCUT2D eigenvalue weighted by Gasteiger charge is 2.21. The summed E-state index contributed by atoms with van der Waals surface area (Å²) >= 11 is 1.50. The first-order valence-electron chi connectivity index (χ1n) is 12.2. The average molecular weight is 456 g/mol. The fourth-order valence-corrected chi connectivity index (χ4v) is 4.99. The van der Waals surface area contributed by atoms with E-state index >= 15 is 0 Å². The Hall–Kier alpha value is -1.24. The number of hydrogen-bond donors (Lipinski definition) is 3. The summed E-state index contributed by atoms with van der Waals surface area (Å²) in [5.74, 6) is 1.59. The van der Waals surface area contributed by atoms with E-state index in [-0.39, 0.29) is 24.8 Å². The van der Waals surface area contributed by atoms with Gasteiger partial charge in [-0.3, -0.25) is 14.4 Å². The lowest BCUT2D eigenvalue weighted by atomic mass is 9.92. The smallest absolute Gasteiger partial charge is 0.230 e. The van der Waals surface area contributed by atoms with Crippen molar-refractivity contribution in [1.82, 2.24) is 10.6 Å². The molecule has 0 heterocycles. The quantitative estimate of drug-likeness (QED) is 0.363. The minimum absolute atomic E-state index is 0.0994. The summed E-state index contributed by atoms with van der Waals surface area (Å²) < 4.78 is 0. The first kappa shape index (κ1) is 27.8. The average Bonchev–Trinajstić information content (AvgIpc) is 3.36. The number of thioether (sulfide) groups is 1. The molecule has 0 aromatic carbocycles. The van der Waals surface area contributed by atoms with Crippen LogP contribution in [0.2, 0.25) is 0 Å². The Labute approximate surface area is 193 Å². The van der Waals surface area contributed by atoms with Crippen molar-refractivity contribution in [2.45, 2.75) is 97.3 Å². The predicted octanol–water partition coefficient (Wildman–Crippen LogP) is 4.16. The second kappa shape index (κ2) is 16.4. The van der Waals surface area contributed by atoms with Gasteiger partial charge >= 0.3 is 0 Å². The minimum atomic E-state index is -0.419. The van der Waals surface area contributed by atoms with Crippen molar-refractivity contribution in [2.75, 3.05) is 24.6 Å². The van der Waals surface area contributed by atoms with Crippen molar-refractivity contribution >= 4 is 29.5 Å². The Bertz CT molecular complexity index is 526. The molecule has 2 rings (SSSR count). The molecule has 0 atom stereocenters. The van der Waals surface area contributed by atoms with Crippen molar-refractivity contribution in [3.8, 4) is 0 Å². The summed E-state index contributed by atoms with van der Waals surface area (Å²) in [5, 5.41) is 5.60. The zero-order valence-corrected chi connectivity index (χ0v) is 20.6. The van der Waals surface area contributed by atoms with Crippen LogP contribution in [0.25, 0.3) is 0 Å². The maximum Gasteiger partial charge on any atom is 0.230 e. The summed E-state index contributed by atoms with van der Waals surface area (Å²) in [6.07, 6.45) is 15.1. The van der Waals surface area contributed by atoms with Gasteiger partial charge in [-0.1, -0.05) is 52.4 Å². The van der Waals surface area contributed by atoms with E-state index in [1.54, 1.807) is 0 Å². The van der Waals surface area contributed by atoms with Crippen molar-refractivity contribution in [2.24, 2.45) is 17.1 Å². The van der Waals surface area contributed by atoms with E-state index in [4.69, 9.17) is 5.73 Å². The van der Waals surface area contributed by atoms with Gasteiger partial charge in [-0.05, 0) is 49.2 Å². The van der Waals surface area contributed by atoms with Gasteiger partial charge in [0.2, 0.25) is 17.7 Å². The highest BCUT2D eigenvalue weighted by molar-refractivity contribution is 7.99. The number of rotatable bonds is 13. The molecule has 180 valence electrons. The summed E-state index contributed by atoms with van der Waals surface area (Å²) in [6, 6.07) is 0. The maximum absolute atomic E-state index is 11.7. The second-order valence-electron chi connectivity index (χ2n) is 9.74. The third-order valence-electron chi connectivity index (χ3n) is 6.16. The van der Waals surface area contributed by atoms with Crippen molar-refractivity contribution in [3.05, 3.63) is 0 Å². The highest BCUT2D eigenvalue weighted by atomic mass is 32.2. The van der Waals surface area contributed by atoms with Crippen LogP contribution in [0.3, 0.4) is 0 Å². The molecule has 0 unspecified atom stereocenters. The SMILES string of the molecule is CC1(C)CCCC1.NC(=O)CCNC(=O)CSCCCC(=O)NCCCC1CCCC1. The number of carbonyl (C=O) groups excluding carboxylic acids is 3. The standard InChI is InChI=1S/C17H31N3O3S.C7H14/c18-15(21)9-11-20-17(23)13-24-12-4-8-16(22)19-10-3-7-14-5-1-2-6-14;1-7(2)5-3-4-6-7/h14H,1-13H2,(H2,18,21)(H,19,22)(H,20,23);3-6H2,1-2H3. The van der Waals surface area contributed by atoms with E-state index in [1.807, 2.05) is 0 Å². The number of carbonyl (C=O) groups is 3. The number of nitrogens with one attached hydrogen (secondary N) is 2. The van der Waals surface area contributed by atoms with Gasteiger partial charge in [-0.2, -0.15) is 11.8 Å². The largest absolute Gasteiger partial charge is 0.370 e. The highest BCUT2D eigenvalue weighted by Crippen LogP contribution is 2.36. The molecule has 2 aliphatic carbocycles. The van der Waals surface area contributed by atoms with Crippen LogP contribution in [-0.2, 0) is 14.4 Å². The lowest BCUT2D eigenvalue weighted by Crippen LogP contribution is -2.29. The van der Waals surface area contributed by atoms with Gasteiger partial charge in [-0.15, -0.1) is 0 Å². The molecule has 6 nitrogen and oxygen atoms in total. The van der Waals surface area contributed by atoms with Gasteiger partial charge in [0, 0.05) is 25.9 Å². The molecule has 0 radical (unpaired) electrons. The molecular formula is C24H45N3O3S. The lowest BCUT2D eigenvalue weighted by molar-refractivity contribution is -0.121. The molecule has 4 N–H and O–H groups in total. The summed E-state index contributed by atoms with van der Waals surface area (Å²) in [4.78, 5) is 33.7. The Morgan fingerprint density at radius 2 is 1.55 bits per heavy atom. The van der Waals surface area contributed by atoms with E-state index < -0.39 is 5.91 Å². The van der Waals surface area contributed by atoms with E-state index in [9.17, 15) is 14.4 Å². The third kappa shape index (κ3) is 16.1. The molecule has 0 bridgehead atoms. The van der Waals surface area contributed by atoms with Gasteiger partial charge in [0.05, 0.1) is 5.75 Å². The van der Waals surface area contributed by atoms with Crippen LogP contribution in [0.4, 0.5) is 0 Å². The van der Waals surface area contributed by atoms with Gasteiger partial charge in [0.15, 0.2) is 0 Å². The van der Waals surface area contributed by atoms with Crippen LogP contribution in [0.5, 0.6) is 0 Å². The predicted molar refractivity (Wildman–Crippen MR) is 130 cm³/mol. The Kier molecular flexibility index (Phi) is 14.7. The van der Waals surface area contributed by atoms with Gasteiger partial charge in [0.1, 0.15) is 0 Å². The normalized spacial score (nSPS) is 17.6. The Balaban J connectivity index is 0.000000577. The molecule has 0 aromatic heterocycles. The monoisotopic (exact) mass is 455 g/mol. The third-order valence-corrected chi connectivity index (χ3v) is 7.21. The molecule has 2 saturated carbocycles. The van der Waals surface area contributed by atoms with Crippen molar-refractivity contribution in [3.63, 3.8) is 0 Å². The summed E-state index contributed by atoms with van der Waals surface area (Å²) in [7, 11) is 0. The molecule has 2 aliphatic rings. The van der Waals surface area contributed by atoms with Crippen molar-refractivity contribution < 1.29 is 14.4 Å². The Morgan fingerprint density at radius 3 is 2.13 bits per heavy atom. The summed E-state index contributed by atoms with van der Waals surface area (Å²) in [6.45, 7) is 5.79. The molecule has 31 heavy (non-hydrogen) atoms. The van der Waals surface area contributed by atoms with Crippen LogP contribution >= 0.6 is 11.8 Å².